The van der Waals surface area contributed by atoms with Crippen LogP contribution in [0.15, 0.2) is 41.5 Å². The minimum Gasteiger partial charge on any atom is -0.483 e. The van der Waals surface area contributed by atoms with Crippen LogP contribution in [0.1, 0.15) is 36.5 Å². The van der Waals surface area contributed by atoms with Gasteiger partial charge in [0, 0.05) is 25.7 Å². The Morgan fingerprint density at radius 1 is 1.28 bits per heavy atom. The van der Waals surface area contributed by atoms with Gasteiger partial charge in [-0.2, -0.15) is 5.10 Å². The zero-order valence-corrected chi connectivity index (χ0v) is 17.3. The molecule has 0 aromatic heterocycles. The molecular formula is C21H26N4O4. The largest absolute Gasteiger partial charge is 0.483 e. The maximum atomic E-state index is 12.0. The normalized spacial score (nSPS) is 11.0. The van der Waals surface area contributed by atoms with E-state index in [1.807, 2.05) is 25.1 Å². The van der Waals surface area contributed by atoms with E-state index in [1.54, 1.807) is 31.1 Å². The summed E-state index contributed by atoms with van der Waals surface area (Å²) < 4.78 is 5.66. The van der Waals surface area contributed by atoms with Gasteiger partial charge in [0.2, 0.25) is 0 Å². The highest BCUT2D eigenvalue weighted by molar-refractivity contribution is 5.85. The molecule has 0 aliphatic carbocycles. The van der Waals surface area contributed by atoms with Gasteiger partial charge in [-0.05, 0) is 36.1 Å². The average Bonchev–Trinajstić information content (AvgIpc) is 2.65. The van der Waals surface area contributed by atoms with Crippen LogP contribution in [0.25, 0.3) is 0 Å². The number of hydrogen-bond acceptors (Lipinski definition) is 6. The Labute approximate surface area is 170 Å². The van der Waals surface area contributed by atoms with Crippen molar-refractivity contribution in [2.45, 2.75) is 26.7 Å². The topological polar surface area (TPSA) is 97.1 Å². The Kier molecular flexibility index (Phi) is 7.30. The molecule has 1 N–H and O–H groups in total. The number of rotatable bonds is 8. The van der Waals surface area contributed by atoms with Crippen LogP contribution < -0.4 is 15.1 Å². The zero-order valence-electron chi connectivity index (χ0n) is 17.3. The van der Waals surface area contributed by atoms with E-state index in [0.717, 1.165) is 11.1 Å². The van der Waals surface area contributed by atoms with Gasteiger partial charge in [0.05, 0.1) is 11.1 Å². The first kappa shape index (κ1) is 21.9. The lowest BCUT2D eigenvalue weighted by Gasteiger charge is -2.14. The summed E-state index contributed by atoms with van der Waals surface area (Å²) in [5, 5.41) is 15.1. The quantitative estimate of drug-likeness (QED) is 0.416. The summed E-state index contributed by atoms with van der Waals surface area (Å²) in [5.41, 5.74) is 5.41. The van der Waals surface area contributed by atoms with Crippen molar-refractivity contribution >= 4 is 23.5 Å². The fraction of sp³-hybridized carbons (Fsp3) is 0.333. The summed E-state index contributed by atoms with van der Waals surface area (Å²) in [7, 11) is 3.46. The van der Waals surface area contributed by atoms with Gasteiger partial charge in [0.25, 0.3) is 11.6 Å². The van der Waals surface area contributed by atoms with Gasteiger partial charge in [-0.25, -0.2) is 5.43 Å². The molecule has 2 aromatic rings. The SMILES string of the molecule is Cc1ccc(C(C)C)c(OCC(=O)N/N=C\c2ccc(N(C)C)c([N+](=O)[O-])c2)c1. The van der Waals surface area contributed by atoms with E-state index in [4.69, 9.17) is 4.74 Å². The Morgan fingerprint density at radius 2 is 2.00 bits per heavy atom. The maximum absolute atomic E-state index is 12.0. The highest BCUT2D eigenvalue weighted by Gasteiger charge is 2.15. The molecule has 0 heterocycles. The Balaban J connectivity index is 1.99. The van der Waals surface area contributed by atoms with Gasteiger partial charge in [-0.15, -0.1) is 0 Å². The molecule has 2 rings (SSSR count). The fourth-order valence-corrected chi connectivity index (χ4v) is 2.74. The molecule has 0 atom stereocenters. The number of amides is 1. The minimum atomic E-state index is -0.451. The minimum absolute atomic E-state index is 0.0331. The van der Waals surface area contributed by atoms with Gasteiger partial charge in [0.1, 0.15) is 11.4 Å². The smallest absolute Gasteiger partial charge is 0.293 e. The molecule has 2 aromatic carbocycles. The van der Waals surface area contributed by atoms with E-state index in [2.05, 4.69) is 24.4 Å². The number of aryl methyl sites for hydroxylation is 1. The second-order valence-electron chi connectivity index (χ2n) is 7.18. The maximum Gasteiger partial charge on any atom is 0.293 e. The van der Waals surface area contributed by atoms with Crippen molar-refractivity contribution in [2.24, 2.45) is 5.10 Å². The second-order valence-corrected chi connectivity index (χ2v) is 7.18. The number of benzene rings is 2. The Hall–Kier alpha value is -3.42. The molecule has 0 aliphatic rings. The van der Waals surface area contributed by atoms with Gasteiger partial charge in [-0.1, -0.05) is 32.0 Å². The second kappa shape index (κ2) is 9.68. The van der Waals surface area contributed by atoms with Crippen molar-refractivity contribution in [1.29, 1.82) is 0 Å². The molecular weight excluding hydrogens is 372 g/mol. The predicted molar refractivity (Wildman–Crippen MR) is 114 cm³/mol. The number of carbonyl (C=O) groups excluding carboxylic acids is 1. The molecule has 0 radical (unpaired) electrons. The Bertz CT molecular complexity index is 923. The van der Waals surface area contributed by atoms with Crippen molar-refractivity contribution < 1.29 is 14.5 Å². The number of anilines is 1. The van der Waals surface area contributed by atoms with Crippen molar-refractivity contribution in [3.05, 3.63) is 63.2 Å². The lowest BCUT2D eigenvalue weighted by Crippen LogP contribution is -2.25. The summed E-state index contributed by atoms with van der Waals surface area (Å²) >= 11 is 0. The molecule has 0 fully saturated rings. The van der Waals surface area contributed by atoms with E-state index in [9.17, 15) is 14.9 Å². The first-order valence-corrected chi connectivity index (χ1v) is 9.20. The van der Waals surface area contributed by atoms with Crippen molar-refractivity contribution in [3.8, 4) is 5.75 Å². The van der Waals surface area contributed by atoms with Crippen LogP contribution in [0.5, 0.6) is 5.75 Å². The van der Waals surface area contributed by atoms with E-state index >= 15 is 0 Å². The van der Waals surface area contributed by atoms with Crippen molar-refractivity contribution in [2.75, 3.05) is 25.6 Å². The highest BCUT2D eigenvalue weighted by Crippen LogP contribution is 2.28. The van der Waals surface area contributed by atoms with E-state index in [0.29, 0.717) is 17.0 Å². The van der Waals surface area contributed by atoms with Gasteiger partial charge < -0.3 is 9.64 Å². The Morgan fingerprint density at radius 3 is 2.62 bits per heavy atom. The third-order valence-corrected chi connectivity index (χ3v) is 4.23. The molecule has 0 bridgehead atoms. The third-order valence-electron chi connectivity index (χ3n) is 4.23. The van der Waals surface area contributed by atoms with Crippen molar-refractivity contribution in [1.82, 2.24) is 5.43 Å². The summed E-state index contributed by atoms with van der Waals surface area (Å²) in [6.07, 6.45) is 1.36. The number of hydrogen-bond donors (Lipinski definition) is 1. The summed E-state index contributed by atoms with van der Waals surface area (Å²) in [4.78, 5) is 24.5. The van der Waals surface area contributed by atoms with Crippen LogP contribution in [-0.4, -0.2) is 37.7 Å². The van der Waals surface area contributed by atoms with Gasteiger partial charge in [0.15, 0.2) is 6.61 Å². The standard InChI is InChI=1S/C21H26N4O4/c1-14(2)17-8-6-15(3)10-20(17)29-13-21(26)23-22-12-16-7-9-18(24(4)5)19(11-16)25(27)28/h6-12,14H,13H2,1-5H3,(H,23,26)/b22-12-. The summed E-state index contributed by atoms with van der Waals surface area (Å²) in [6.45, 7) is 5.90. The average molecular weight is 398 g/mol. The van der Waals surface area contributed by atoms with Crippen LogP contribution in [0.3, 0.4) is 0 Å². The molecule has 29 heavy (non-hydrogen) atoms. The molecule has 1 amide bonds. The third kappa shape index (κ3) is 6.03. The summed E-state index contributed by atoms with van der Waals surface area (Å²) in [6, 6.07) is 10.6. The number of hydrazone groups is 1. The number of nitro benzene ring substituents is 1. The summed E-state index contributed by atoms with van der Waals surface area (Å²) in [5.74, 6) is 0.526. The molecule has 8 nitrogen and oxygen atoms in total. The van der Waals surface area contributed by atoms with E-state index < -0.39 is 10.8 Å². The number of nitrogens with zero attached hydrogens (tertiary/aromatic N) is 3. The van der Waals surface area contributed by atoms with E-state index in [1.165, 1.54) is 12.3 Å². The molecule has 8 heteroatoms. The van der Waals surface area contributed by atoms with Gasteiger partial charge in [-0.3, -0.25) is 14.9 Å². The van der Waals surface area contributed by atoms with Crippen LogP contribution >= 0.6 is 0 Å². The molecule has 0 unspecified atom stereocenters. The number of nitrogens with one attached hydrogen (secondary N) is 1. The molecule has 154 valence electrons. The van der Waals surface area contributed by atoms with Crippen LogP contribution in [-0.2, 0) is 4.79 Å². The fourth-order valence-electron chi connectivity index (χ4n) is 2.74. The number of nitro groups is 1. The van der Waals surface area contributed by atoms with Crippen molar-refractivity contribution in [3.63, 3.8) is 0 Å². The lowest BCUT2D eigenvalue weighted by atomic mass is 10.0. The van der Waals surface area contributed by atoms with Crippen LogP contribution in [0.4, 0.5) is 11.4 Å². The number of carbonyl (C=O) groups is 1. The monoisotopic (exact) mass is 398 g/mol. The number of ether oxygens (including phenoxy) is 1. The lowest BCUT2D eigenvalue weighted by molar-refractivity contribution is -0.384. The zero-order chi connectivity index (χ0) is 21.6. The van der Waals surface area contributed by atoms with Crippen LogP contribution in [0, 0.1) is 17.0 Å². The molecule has 0 spiro atoms. The molecule has 0 saturated carbocycles. The first-order valence-electron chi connectivity index (χ1n) is 9.20. The highest BCUT2D eigenvalue weighted by atomic mass is 16.6. The van der Waals surface area contributed by atoms with Gasteiger partial charge >= 0.3 is 0 Å². The predicted octanol–water partition coefficient (Wildman–Crippen LogP) is 3.62. The van der Waals surface area contributed by atoms with E-state index in [-0.39, 0.29) is 18.2 Å². The molecule has 0 saturated heterocycles. The molecule has 0 aliphatic heterocycles. The first-order chi connectivity index (χ1) is 13.7. The van der Waals surface area contributed by atoms with Crippen LogP contribution in [0.2, 0.25) is 0 Å².